The number of rotatable bonds is 23. The van der Waals surface area contributed by atoms with Crippen LogP contribution in [-0.2, 0) is 53.8 Å². The van der Waals surface area contributed by atoms with Crippen molar-refractivity contribution in [1.82, 2.24) is 0 Å². The third kappa shape index (κ3) is 16.3. The predicted octanol–water partition coefficient (Wildman–Crippen LogP) is 5.02. The summed E-state index contributed by atoms with van der Waals surface area (Å²) in [6.07, 6.45) is 4.97. The molecule has 8 unspecified atom stereocenters. The van der Waals surface area contributed by atoms with E-state index < -0.39 is 78.2 Å². The Morgan fingerprint density at radius 1 is 0.736 bits per heavy atom. The van der Waals surface area contributed by atoms with Gasteiger partial charge in [-0.1, -0.05) is 56.5 Å². The molecule has 0 aromatic heterocycles. The van der Waals surface area contributed by atoms with Crippen molar-refractivity contribution < 1.29 is 95.8 Å². The van der Waals surface area contributed by atoms with Crippen molar-refractivity contribution in [3.8, 4) is 11.5 Å². The predicted molar refractivity (Wildman–Crippen MR) is 251 cm³/mol. The van der Waals surface area contributed by atoms with Gasteiger partial charge >= 0.3 is 30.1 Å². The molecule has 2 aromatic rings. The van der Waals surface area contributed by atoms with Crippen LogP contribution in [0.4, 0.5) is 13.2 Å². The van der Waals surface area contributed by atoms with Gasteiger partial charge in [-0.25, -0.2) is 19.2 Å². The Bertz CT molecular complexity index is 2450. The molecular formula is C52H57F3O17. The Labute approximate surface area is 413 Å². The van der Waals surface area contributed by atoms with Crippen molar-refractivity contribution in [1.29, 1.82) is 0 Å². The summed E-state index contributed by atoms with van der Waals surface area (Å²) in [4.78, 5) is 47.7. The first-order valence-corrected chi connectivity index (χ1v) is 22.7. The minimum Gasteiger partial charge on any atom is -0.493 e. The molecule has 2 aliphatic carbocycles. The molecule has 0 amide bonds. The lowest BCUT2D eigenvalue weighted by molar-refractivity contribution is -0.143. The maximum Gasteiger partial charge on any atom is 0.417 e. The Morgan fingerprint density at radius 3 is 1.82 bits per heavy atom. The van der Waals surface area contributed by atoms with Crippen molar-refractivity contribution >= 4 is 35.0 Å². The average Bonchev–Trinajstić information content (AvgIpc) is 3.36. The van der Waals surface area contributed by atoms with E-state index in [1.165, 1.54) is 31.2 Å². The molecular weight excluding hydrogens is 954 g/mol. The van der Waals surface area contributed by atoms with Crippen LogP contribution < -0.4 is 9.47 Å². The summed E-state index contributed by atoms with van der Waals surface area (Å²) in [5, 5.41) is 48.1. The van der Waals surface area contributed by atoms with Crippen molar-refractivity contribution in [2.45, 2.75) is 69.5 Å². The molecule has 2 aliphatic heterocycles. The van der Waals surface area contributed by atoms with Crippen molar-refractivity contribution in [2.75, 3.05) is 46.2 Å². The fraction of sp³-hybridized carbons (Fsp3) is 0.385. The van der Waals surface area contributed by atoms with Crippen LogP contribution >= 0.6 is 0 Å². The van der Waals surface area contributed by atoms with E-state index in [1.54, 1.807) is 49.4 Å². The number of allylic oxidation sites excluding steroid dienone is 2. The molecule has 0 saturated carbocycles. The number of halogens is 3. The highest BCUT2D eigenvalue weighted by Gasteiger charge is 2.39. The number of hydrogen-bond acceptors (Lipinski definition) is 17. The third-order valence-electron chi connectivity index (χ3n) is 10.9. The number of fused-ring (bicyclic) bond motifs is 2. The number of benzene rings is 2. The summed E-state index contributed by atoms with van der Waals surface area (Å²) in [6, 6.07) is 10.2. The second kappa shape index (κ2) is 26.5. The molecule has 6 rings (SSSR count). The third-order valence-corrected chi connectivity index (χ3v) is 10.9. The number of aliphatic hydroxyl groups excluding tert-OH is 5. The topological polar surface area (TPSA) is 243 Å². The maximum absolute atomic E-state index is 13.7. The first-order chi connectivity index (χ1) is 34.3. The molecule has 2 aromatic carbocycles. The van der Waals surface area contributed by atoms with Crippen molar-refractivity contribution in [3.63, 3.8) is 0 Å². The normalized spacial score (nSPS) is 20.5. The summed E-state index contributed by atoms with van der Waals surface area (Å²) < 4.78 is 83.4. The van der Waals surface area contributed by atoms with E-state index in [4.69, 9.17) is 43.0 Å². The van der Waals surface area contributed by atoms with E-state index in [0.717, 1.165) is 18.2 Å². The molecule has 17 nitrogen and oxygen atoms in total. The zero-order valence-electron chi connectivity index (χ0n) is 39.4. The van der Waals surface area contributed by atoms with E-state index in [1.807, 2.05) is 12.2 Å². The average molecular weight is 1010 g/mol. The van der Waals surface area contributed by atoms with Gasteiger partial charge in [-0.2, -0.15) is 13.2 Å². The van der Waals surface area contributed by atoms with Crippen LogP contribution in [0.25, 0.3) is 11.1 Å². The molecule has 72 heavy (non-hydrogen) atoms. The van der Waals surface area contributed by atoms with Gasteiger partial charge < -0.3 is 63.4 Å². The Kier molecular flexibility index (Phi) is 20.6. The highest BCUT2D eigenvalue weighted by molar-refractivity contribution is 6.18. The highest BCUT2D eigenvalue weighted by Crippen LogP contribution is 2.41. The number of carbonyl (C=O) groups is 4. The van der Waals surface area contributed by atoms with E-state index >= 15 is 0 Å². The summed E-state index contributed by atoms with van der Waals surface area (Å²) >= 11 is 0. The molecule has 0 fully saturated rings. The Hall–Kier alpha value is -6.97. The van der Waals surface area contributed by atoms with E-state index in [9.17, 15) is 52.8 Å². The quantitative estimate of drug-likeness (QED) is 0.0557. The minimum atomic E-state index is -4.77. The highest BCUT2D eigenvalue weighted by atomic mass is 19.4. The lowest BCUT2D eigenvalue weighted by Crippen LogP contribution is -2.31. The standard InChI is InChI=1S/C28H34O9.C24H23F3O8/c1-4-24(30)25(31)11-12-34-21-8-5-18(6-9-21)23-13-19-7-10-22(14-26(19)37-28(23)33)35-15-20(29)16-36-27(32)17(2)3;1-2-22(30)34-13-15(29)12-33-17-4-3-14-9-19(23(31)35-21(14)11-17)18-6-5-16(32-8-7-28)10-20(18)24(25,26)27/h5-10,13-14,19-20,24-26,29-31H,2,4,11-12,15-16H2,1,3H3;2-6,9-11,14-15,21,28-29H,1,7-8,12-13H2. The molecule has 0 saturated heterocycles. The zero-order valence-corrected chi connectivity index (χ0v) is 39.4. The molecule has 5 N–H and O–H groups in total. The van der Waals surface area contributed by atoms with Crippen LogP contribution in [0.3, 0.4) is 0 Å². The SMILES string of the molecule is C=C(C)C(=O)OCC(O)COC1=CC2OC(=O)C(c3ccc(OCCC(O)C(O)CC)cc3)=CC2C=C1.C=CC(=O)OCC(O)COC1=CC2OC(=O)C(c3ccc(OCCO)cc3C(F)(F)F)=CC2C=C1. The fourth-order valence-corrected chi connectivity index (χ4v) is 7.07. The van der Waals surface area contributed by atoms with Gasteiger partial charge in [0.05, 0.1) is 42.1 Å². The van der Waals surface area contributed by atoms with E-state index in [2.05, 4.69) is 13.2 Å². The van der Waals surface area contributed by atoms with Gasteiger partial charge in [0.2, 0.25) is 0 Å². The largest absolute Gasteiger partial charge is 0.493 e. The molecule has 20 heteroatoms. The van der Waals surface area contributed by atoms with Gasteiger partial charge in [0.15, 0.2) is 0 Å². The van der Waals surface area contributed by atoms with Gasteiger partial charge in [0, 0.05) is 35.5 Å². The zero-order chi connectivity index (χ0) is 52.5. The van der Waals surface area contributed by atoms with Gasteiger partial charge in [-0.15, -0.1) is 0 Å². The molecule has 2 heterocycles. The van der Waals surface area contributed by atoms with Crippen LogP contribution in [0.5, 0.6) is 11.5 Å². The molecule has 4 aliphatic rings. The molecule has 8 atom stereocenters. The monoisotopic (exact) mass is 1010 g/mol. The fourth-order valence-electron chi connectivity index (χ4n) is 7.07. The van der Waals surface area contributed by atoms with Crippen LogP contribution in [0.1, 0.15) is 43.4 Å². The summed E-state index contributed by atoms with van der Waals surface area (Å²) in [6.45, 7) is 8.91. The number of aliphatic hydroxyl groups is 5. The second-order valence-corrected chi connectivity index (χ2v) is 16.5. The van der Waals surface area contributed by atoms with Crippen LogP contribution in [-0.4, -0.2) is 132 Å². The van der Waals surface area contributed by atoms with Crippen LogP contribution in [0.2, 0.25) is 0 Å². The number of alkyl halides is 3. The summed E-state index contributed by atoms with van der Waals surface area (Å²) in [5.74, 6) is -2.20. The van der Waals surface area contributed by atoms with Gasteiger partial charge in [-0.05, 0) is 73.5 Å². The Balaban J connectivity index is 0.000000268. The first kappa shape index (κ1) is 56.0. The molecule has 0 radical (unpaired) electrons. The number of carbonyl (C=O) groups excluding carboxylic acids is 4. The summed E-state index contributed by atoms with van der Waals surface area (Å²) in [5.41, 5.74) is -0.299. The first-order valence-electron chi connectivity index (χ1n) is 22.7. The van der Waals surface area contributed by atoms with Crippen molar-refractivity contribution in [2.24, 2.45) is 11.8 Å². The second-order valence-electron chi connectivity index (χ2n) is 16.5. The number of esters is 4. The maximum atomic E-state index is 13.7. The van der Waals surface area contributed by atoms with Gasteiger partial charge in [0.1, 0.15) is 80.5 Å². The lowest BCUT2D eigenvalue weighted by Gasteiger charge is -2.30. The van der Waals surface area contributed by atoms with E-state index in [0.29, 0.717) is 35.5 Å². The van der Waals surface area contributed by atoms with Gasteiger partial charge in [0.25, 0.3) is 0 Å². The van der Waals surface area contributed by atoms with Crippen LogP contribution in [0.15, 0.2) is 127 Å². The van der Waals surface area contributed by atoms with Crippen molar-refractivity contribution in [3.05, 3.63) is 144 Å². The summed E-state index contributed by atoms with van der Waals surface area (Å²) in [7, 11) is 0. The van der Waals surface area contributed by atoms with E-state index in [-0.39, 0.29) is 80.4 Å². The lowest BCUT2D eigenvalue weighted by atomic mass is 9.88. The molecule has 0 bridgehead atoms. The smallest absolute Gasteiger partial charge is 0.417 e. The minimum absolute atomic E-state index is 0.0958. The number of hydrogen-bond donors (Lipinski definition) is 5. The van der Waals surface area contributed by atoms with Crippen LogP contribution in [0, 0.1) is 11.8 Å². The van der Waals surface area contributed by atoms with Gasteiger partial charge in [-0.3, -0.25) is 0 Å². The Morgan fingerprint density at radius 2 is 1.28 bits per heavy atom. The molecule has 0 spiro atoms. The number of ether oxygens (including phenoxy) is 8. The molecule has 388 valence electrons.